The molecule has 116 valence electrons. The van der Waals surface area contributed by atoms with Crippen LogP contribution < -0.4 is 10.5 Å². The Balaban J connectivity index is 1.93. The molecule has 1 atom stereocenters. The van der Waals surface area contributed by atoms with Crippen LogP contribution in [0.4, 0.5) is 0 Å². The van der Waals surface area contributed by atoms with Crippen LogP contribution in [0.2, 0.25) is 0 Å². The molecule has 5 heteroatoms. The fourth-order valence-electron chi connectivity index (χ4n) is 3.15. The monoisotopic (exact) mass is 306 g/mol. The van der Waals surface area contributed by atoms with Crippen LogP contribution in [0.15, 0.2) is 42.6 Å². The number of aryl methyl sites for hydroxylation is 1. The molecule has 0 saturated carbocycles. The van der Waals surface area contributed by atoms with E-state index >= 15 is 0 Å². The van der Waals surface area contributed by atoms with Crippen molar-refractivity contribution in [2.75, 3.05) is 7.11 Å². The number of aromatic nitrogens is 3. The summed E-state index contributed by atoms with van der Waals surface area (Å²) >= 11 is 0. The van der Waals surface area contributed by atoms with Crippen molar-refractivity contribution in [3.63, 3.8) is 0 Å². The Kier molecular flexibility index (Phi) is 3.09. The second kappa shape index (κ2) is 5.14. The van der Waals surface area contributed by atoms with Crippen molar-refractivity contribution in [1.29, 1.82) is 0 Å². The number of hydrogen-bond donors (Lipinski definition) is 3. The number of hydrogen-bond acceptors (Lipinski definition) is 3. The van der Waals surface area contributed by atoms with E-state index in [1.54, 1.807) is 7.11 Å². The minimum Gasteiger partial charge on any atom is -0.496 e. The van der Waals surface area contributed by atoms with Gasteiger partial charge in [0.1, 0.15) is 11.6 Å². The average Bonchev–Trinajstić information content (AvgIpc) is 3.20. The Hall–Kier alpha value is -2.79. The van der Waals surface area contributed by atoms with E-state index in [0.29, 0.717) is 0 Å². The van der Waals surface area contributed by atoms with Crippen LogP contribution in [0.1, 0.15) is 23.0 Å². The molecule has 4 rings (SSSR count). The number of benzene rings is 2. The van der Waals surface area contributed by atoms with Gasteiger partial charge in [-0.2, -0.15) is 0 Å². The lowest BCUT2D eigenvalue weighted by molar-refractivity contribution is 0.408. The van der Waals surface area contributed by atoms with Crippen molar-refractivity contribution < 1.29 is 4.74 Å². The van der Waals surface area contributed by atoms with Gasteiger partial charge in [0.05, 0.1) is 24.2 Å². The van der Waals surface area contributed by atoms with E-state index in [1.807, 2.05) is 42.6 Å². The van der Waals surface area contributed by atoms with Crippen molar-refractivity contribution >= 4 is 21.9 Å². The van der Waals surface area contributed by atoms with Gasteiger partial charge in [0, 0.05) is 22.7 Å². The van der Waals surface area contributed by atoms with Gasteiger partial charge in [-0.05, 0) is 36.8 Å². The number of H-pyrrole nitrogens is 2. The molecule has 0 spiro atoms. The molecule has 0 amide bonds. The van der Waals surface area contributed by atoms with Crippen LogP contribution in [-0.4, -0.2) is 22.1 Å². The Morgan fingerprint density at radius 1 is 1.22 bits per heavy atom. The molecule has 0 bridgehead atoms. The summed E-state index contributed by atoms with van der Waals surface area (Å²) in [6, 6.07) is 11.6. The summed E-state index contributed by atoms with van der Waals surface area (Å²) in [5, 5.41) is 1.06. The van der Waals surface area contributed by atoms with Crippen LogP contribution in [0.5, 0.6) is 5.75 Å². The van der Waals surface area contributed by atoms with Gasteiger partial charge in [0.25, 0.3) is 0 Å². The molecule has 2 aromatic carbocycles. The highest BCUT2D eigenvalue weighted by Gasteiger charge is 2.22. The minimum atomic E-state index is -0.392. The first-order valence-corrected chi connectivity index (χ1v) is 7.54. The van der Waals surface area contributed by atoms with Gasteiger partial charge in [0.15, 0.2) is 0 Å². The standard InChI is InChI=1S/C18H18N4O/c1-10-9-14(23-2)15(11-7-8-20-17(10)11)16(19)18-21-12-5-3-4-6-13(12)22-18/h3-9,16,20H,19H2,1-2H3,(H,21,22). The van der Waals surface area contributed by atoms with Crippen molar-refractivity contribution in [2.45, 2.75) is 13.0 Å². The number of ether oxygens (including phenoxy) is 1. The summed E-state index contributed by atoms with van der Waals surface area (Å²) in [6.45, 7) is 2.05. The molecule has 4 aromatic rings. The number of rotatable bonds is 3. The molecular weight excluding hydrogens is 288 g/mol. The Morgan fingerprint density at radius 2 is 2.04 bits per heavy atom. The zero-order valence-corrected chi connectivity index (χ0v) is 13.1. The van der Waals surface area contributed by atoms with Crippen molar-refractivity contribution in [2.24, 2.45) is 5.73 Å². The lowest BCUT2D eigenvalue weighted by Crippen LogP contribution is -2.15. The predicted molar refractivity (Wildman–Crippen MR) is 91.7 cm³/mol. The van der Waals surface area contributed by atoms with Gasteiger partial charge in [-0.1, -0.05) is 12.1 Å². The first kappa shape index (κ1) is 13.8. The lowest BCUT2D eigenvalue weighted by Gasteiger charge is -2.16. The quantitative estimate of drug-likeness (QED) is 0.542. The van der Waals surface area contributed by atoms with E-state index in [9.17, 15) is 0 Å². The van der Waals surface area contributed by atoms with Crippen LogP contribution in [0.3, 0.4) is 0 Å². The second-order valence-electron chi connectivity index (χ2n) is 5.69. The molecule has 0 aliphatic heterocycles. The first-order chi connectivity index (χ1) is 11.2. The Morgan fingerprint density at radius 3 is 2.83 bits per heavy atom. The molecular formula is C18H18N4O. The normalized spacial score (nSPS) is 12.8. The van der Waals surface area contributed by atoms with Gasteiger partial charge in [0.2, 0.25) is 0 Å². The van der Waals surface area contributed by atoms with Gasteiger partial charge >= 0.3 is 0 Å². The highest BCUT2D eigenvalue weighted by Crippen LogP contribution is 2.36. The fourth-order valence-corrected chi connectivity index (χ4v) is 3.15. The van der Waals surface area contributed by atoms with E-state index < -0.39 is 6.04 Å². The Bertz CT molecular complexity index is 966. The maximum Gasteiger partial charge on any atom is 0.129 e. The third-order valence-corrected chi connectivity index (χ3v) is 4.28. The zero-order valence-electron chi connectivity index (χ0n) is 13.1. The van der Waals surface area contributed by atoms with E-state index in [1.165, 1.54) is 0 Å². The minimum absolute atomic E-state index is 0.392. The molecule has 1 unspecified atom stereocenters. The number of para-hydroxylation sites is 2. The van der Waals surface area contributed by atoms with E-state index in [0.717, 1.165) is 44.6 Å². The summed E-state index contributed by atoms with van der Waals surface area (Å²) in [5.74, 6) is 1.51. The van der Waals surface area contributed by atoms with Crippen LogP contribution in [0, 0.1) is 6.92 Å². The number of imidazole rings is 1. The molecule has 2 aromatic heterocycles. The number of aromatic amines is 2. The third-order valence-electron chi connectivity index (χ3n) is 4.28. The maximum absolute atomic E-state index is 6.54. The molecule has 4 N–H and O–H groups in total. The van der Waals surface area contributed by atoms with E-state index in [-0.39, 0.29) is 0 Å². The lowest BCUT2D eigenvalue weighted by atomic mass is 9.98. The van der Waals surface area contributed by atoms with E-state index in [4.69, 9.17) is 10.5 Å². The fraction of sp³-hybridized carbons (Fsp3) is 0.167. The maximum atomic E-state index is 6.54. The molecule has 5 nitrogen and oxygen atoms in total. The molecule has 0 fully saturated rings. The molecule has 2 heterocycles. The van der Waals surface area contributed by atoms with Crippen molar-refractivity contribution in [3.8, 4) is 5.75 Å². The van der Waals surface area contributed by atoms with Crippen LogP contribution in [0.25, 0.3) is 21.9 Å². The number of methoxy groups -OCH3 is 1. The van der Waals surface area contributed by atoms with Crippen LogP contribution >= 0.6 is 0 Å². The van der Waals surface area contributed by atoms with Crippen LogP contribution in [-0.2, 0) is 0 Å². The third kappa shape index (κ3) is 2.09. The Labute approximate surface area is 133 Å². The zero-order chi connectivity index (χ0) is 16.0. The number of nitrogens with one attached hydrogen (secondary N) is 2. The summed E-state index contributed by atoms with van der Waals surface area (Å²) in [7, 11) is 1.67. The van der Waals surface area contributed by atoms with Gasteiger partial charge in [-0.3, -0.25) is 0 Å². The summed E-state index contributed by atoms with van der Waals surface area (Å²) in [4.78, 5) is 11.2. The largest absolute Gasteiger partial charge is 0.496 e. The highest BCUT2D eigenvalue weighted by atomic mass is 16.5. The highest BCUT2D eigenvalue weighted by molar-refractivity contribution is 5.89. The van der Waals surface area contributed by atoms with Gasteiger partial charge < -0.3 is 20.4 Å². The molecule has 0 aliphatic rings. The molecule has 0 aliphatic carbocycles. The van der Waals surface area contributed by atoms with Gasteiger partial charge in [-0.25, -0.2) is 4.98 Å². The topological polar surface area (TPSA) is 79.7 Å². The molecule has 0 saturated heterocycles. The second-order valence-corrected chi connectivity index (χ2v) is 5.69. The number of fused-ring (bicyclic) bond motifs is 2. The summed E-state index contributed by atoms with van der Waals surface area (Å²) < 4.78 is 5.58. The smallest absolute Gasteiger partial charge is 0.129 e. The molecule has 0 radical (unpaired) electrons. The SMILES string of the molecule is COc1cc(C)c2[nH]ccc2c1C(N)c1nc2ccccc2[nH]1. The first-order valence-electron chi connectivity index (χ1n) is 7.54. The molecule has 23 heavy (non-hydrogen) atoms. The predicted octanol–water partition coefficient (Wildman–Crippen LogP) is 3.41. The van der Waals surface area contributed by atoms with Crippen molar-refractivity contribution in [1.82, 2.24) is 15.0 Å². The number of nitrogens with two attached hydrogens (primary N) is 1. The van der Waals surface area contributed by atoms with Crippen molar-refractivity contribution in [3.05, 3.63) is 59.5 Å². The van der Waals surface area contributed by atoms with Gasteiger partial charge in [-0.15, -0.1) is 0 Å². The summed E-state index contributed by atoms with van der Waals surface area (Å²) in [6.07, 6.45) is 1.92. The number of nitrogens with zero attached hydrogens (tertiary/aromatic N) is 1. The summed E-state index contributed by atoms with van der Waals surface area (Å²) in [5.41, 5.74) is 11.6. The average molecular weight is 306 g/mol. The van der Waals surface area contributed by atoms with E-state index in [2.05, 4.69) is 21.9 Å².